The fraction of sp³-hybridized carbons (Fsp3) is 0.588. The van der Waals surface area contributed by atoms with Crippen LogP contribution in [0.5, 0.6) is 0 Å². The van der Waals surface area contributed by atoms with E-state index in [2.05, 4.69) is 44.7 Å². The van der Waals surface area contributed by atoms with E-state index >= 15 is 0 Å². The zero-order valence-corrected chi connectivity index (χ0v) is 12.6. The van der Waals surface area contributed by atoms with Crippen LogP contribution in [0.15, 0.2) is 12.1 Å². The highest BCUT2D eigenvalue weighted by Crippen LogP contribution is 2.27. The van der Waals surface area contributed by atoms with Crippen molar-refractivity contribution in [1.82, 2.24) is 4.90 Å². The maximum absolute atomic E-state index is 12.6. The number of ketones is 1. The minimum atomic E-state index is 0.287. The third-order valence-corrected chi connectivity index (χ3v) is 3.88. The van der Waals surface area contributed by atoms with Gasteiger partial charge in [0.15, 0.2) is 5.78 Å². The van der Waals surface area contributed by atoms with E-state index in [0.29, 0.717) is 12.6 Å². The lowest BCUT2D eigenvalue weighted by Crippen LogP contribution is -2.33. The van der Waals surface area contributed by atoms with E-state index in [4.69, 9.17) is 0 Å². The van der Waals surface area contributed by atoms with E-state index in [-0.39, 0.29) is 5.78 Å². The lowest BCUT2D eigenvalue weighted by atomic mass is 9.96. The topological polar surface area (TPSA) is 20.3 Å². The van der Waals surface area contributed by atoms with Crippen molar-refractivity contribution in [2.45, 2.75) is 53.0 Å². The first-order chi connectivity index (χ1) is 9.02. The number of hydrogen-bond donors (Lipinski definition) is 0. The normalized spacial score (nSPS) is 15.0. The van der Waals surface area contributed by atoms with Gasteiger partial charge in [-0.1, -0.05) is 24.6 Å². The van der Waals surface area contributed by atoms with Crippen molar-refractivity contribution in [3.05, 3.63) is 34.4 Å². The number of rotatable bonds is 6. The average Bonchev–Trinajstić information content (AvgIpc) is 3.10. The maximum Gasteiger partial charge on any atom is 0.177 e. The zero-order valence-electron chi connectivity index (χ0n) is 12.6. The fourth-order valence-electron chi connectivity index (χ4n) is 3.00. The van der Waals surface area contributed by atoms with Gasteiger partial charge in [-0.25, -0.2) is 0 Å². The van der Waals surface area contributed by atoms with Crippen LogP contribution >= 0.6 is 0 Å². The molecule has 104 valence electrons. The molecular formula is C17H25NO. The van der Waals surface area contributed by atoms with Gasteiger partial charge in [-0.2, -0.15) is 0 Å². The third kappa shape index (κ3) is 3.44. The van der Waals surface area contributed by atoms with Gasteiger partial charge >= 0.3 is 0 Å². The monoisotopic (exact) mass is 259 g/mol. The van der Waals surface area contributed by atoms with Crippen LogP contribution in [-0.4, -0.2) is 29.8 Å². The minimum absolute atomic E-state index is 0.287. The fourth-order valence-corrected chi connectivity index (χ4v) is 3.00. The van der Waals surface area contributed by atoms with Crippen LogP contribution in [0.4, 0.5) is 0 Å². The molecular weight excluding hydrogens is 234 g/mol. The molecule has 2 heteroatoms. The Balaban J connectivity index is 2.15. The molecule has 0 radical (unpaired) electrons. The molecule has 0 heterocycles. The Labute approximate surface area is 116 Å². The molecule has 0 bridgehead atoms. The van der Waals surface area contributed by atoms with Crippen LogP contribution in [0.1, 0.15) is 53.2 Å². The molecule has 0 saturated heterocycles. The minimum Gasteiger partial charge on any atom is -0.293 e. The highest BCUT2D eigenvalue weighted by Gasteiger charge is 2.30. The Morgan fingerprint density at radius 1 is 1.21 bits per heavy atom. The molecule has 2 rings (SSSR count). The van der Waals surface area contributed by atoms with E-state index in [1.165, 1.54) is 18.4 Å². The number of carbonyl (C=O) groups excluding carboxylic acids is 1. The van der Waals surface area contributed by atoms with Gasteiger partial charge in [0.05, 0.1) is 6.54 Å². The zero-order chi connectivity index (χ0) is 14.0. The van der Waals surface area contributed by atoms with Crippen molar-refractivity contribution in [1.29, 1.82) is 0 Å². The highest BCUT2D eigenvalue weighted by atomic mass is 16.1. The Bertz CT molecular complexity index is 451. The molecule has 0 atom stereocenters. The summed E-state index contributed by atoms with van der Waals surface area (Å²) in [6, 6.07) is 4.89. The lowest BCUT2D eigenvalue weighted by Gasteiger charge is -2.21. The standard InChI is InChI=1S/C17H25NO/c1-5-8-18(15-6-7-15)11-16(19)17-13(3)9-12(2)10-14(17)4/h9-10,15H,5-8,11H2,1-4H3. The van der Waals surface area contributed by atoms with Crippen molar-refractivity contribution in [2.24, 2.45) is 0 Å². The van der Waals surface area contributed by atoms with Gasteiger partial charge in [0.25, 0.3) is 0 Å². The van der Waals surface area contributed by atoms with Gasteiger partial charge in [-0.3, -0.25) is 9.69 Å². The lowest BCUT2D eigenvalue weighted by molar-refractivity contribution is 0.0923. The number of Topliss-reactive ketones (excluding diaryl/α,β-unsaturated/α-hetero) is 1. The number of benzene rings is 1. The van der Waals surface area contributed by atoms with Crippen molar-refractivity contribution in [3.8, 4) is 0 Å². The van der Waals surface area contributed by atoms with Gasteiger partial charge in [0.1, 0.15) is 0 Å². The van der Waals surface area contributed by atoms with Gasteiger partial charge in [-0.15, -0.1) is 0 Å². The Morgan fingerprint density at radius 2 is 1.79 bits per heavy atom. The summed E-state index contributed by atoms with van der Waals surface area (Å²) < 4.78 is 0. The SMILES string of the molecule is CCCN(CC(=O)c1c(C)cc(C)cc1C)C1CC1. The molecule has 1 aromatic carbocycles. The second-order valence-electron chi connectivity index (χ2n) is 5.90. The molecule has 19 heavy (non-hydrogen) atoms. The van der Waals surface area contributed by atoms with Gasteiger partial charge in [-0.05, 0) is 57.7 Å². The summed E-state index contributed by atoms with van der Waals surface area (Å²) in [5, 5.41) is 0. The largest absolute Gasteiger partial charge is 0.293 e. The number of aryl methyl sites for hydroxylation is 3. The van der Waals surface area contributed by atoms with Gasteiger partial charge in [0, 0.05) is 11.6 Å². The van der Waals surface area contributed by atoms with Crippen molar-refractivity contribution in [3.63, 3.8) is 0 Å². The Kier molecular flexibility index (Phi) is 4.41. The smallest absolute Gasteiger partial charge is 0.177 e. The van der Waals surface area contributed by atoms with Crippen LogP contribution < -0.4 is 0 Å². The van der Waals surface area contributed by atoms with E-state index in [9.17, 15) is 4.79 Å². The molecule has 1 saturated carbocycles. The van der Waals surface area contributed by atoms with Crippen molar-refractivity contribution < 1.29 is 4.79 Å². The van der Waals surface area contributed by atoms with E-state index in [1.54, 1.807) is 0 Å². The van der Waals surface area contributed by atoms with Gasteiger partial charge < -0.3 is 0 Å². The van der Waals surface area contributed by atoms with Crippen LogP contribution in [0.2, 0.25) is 0 Å². The quantitative estimate of drug-likeness (QED) is 0.727. The first-order valence-electron chi connectivity index (χ1n) is 7.38. The van der Waals surface area contributed by atoms with Gasteiger partial charge in [0.2, 0.25) is 0 Å². The molecule has 1 aliphatic rings. The number of carbonyl (C=O) groups is 1. The predicted molar refractivity (Wildman–Crippen MR) is 79.9 cm³/mol. The van der Waals surface area contributed by atoms with E-state index in [0.717, 1.165) is 29.7 Å². The average molecular weight is 259 g/mol. The summed E-state index contributed by atoms with van der Waals surface area (Å²) >= 11 is 0. The van der Waals surface area contributed by atoms with E-state index in [1.807, 2.05) is 0 Å². The molecule has 2 nitrogen and oxygen atoms in total. The summed E-state index contributed by atoms with van der Waals surface area (Å²) in [5.74, 6) is 0.287. The molecule has 0 aliphatic heterocycles. The first-order valence-corrected chi connectivity index (χ1v) is 7.38. The maximum atomic E-state index is 12.6. The second-order valence-corrected chi connectivity index (χ2v) is 5.90. The summed E-state index contributed by atoms with van der Waals surface area (Å²) in [7, 11) is 0. The molecule has 0 amide bonds. The first kappa shape index (κ1) is 14.3. The van der Waals surface area contributed by atoms with Crippen molar-refractivity contribution in [2.75, 3.05) is 13.1 Å². The van der Waals surface area contributed by atoms with E-state index < -0.39 is 0 Å². The highest BCUT2D eigenvalue weighted by molar-refractivity contribution is 6.00. The summed E-state index contributed by atoms with van der Waals surface area (Å²) in [6.45, 7) is 10.00. The Morgan fingerprint density at radius 3 is 2.26 bits per heavy atom. The van der Waals surface area contributed by atoms with Crippen LogP contribution in [0.3, 0.4) is 0 Å². The third-order valence-electron chi connectivity index (χ3n) is 3.88. The molecule has 0 aromatic heterocycles. The predicted octanol–water partition coefficient (Wildman–Crippen LogP) is 3.67. The van der Waals surface area contributed by atoms with Crippen molar-refractivity contribution >= 4 is 5.78 Å². The molecule has 0 unspecified atom stereocenters. The molecule has 1 fully saturated rings. The number of hydrogen-bond acceptors (Lipinski definition) is 2. The summed E-state index contributed by atoms with van der Waals surface area (Å²) in [5.41, 5.74) is 4.41. The molecule has 0 spiro atoms. The second kappa shape index (κ2) is 5.87. The molecule has 1 aliphatic carbocycles. The van der Waals surface area contributed by atoms with Crippen LogP contribution in [0, 0.1) is 20.8 Å². The molecule has 0 N–H and O–H groups in total. The number of nitrogens with zero attached hydrogens (tertiary/aromatic N) is 1. The van der Waals surface area contributed by atoms with Crippen LogP contribution in [-0.2, 0) is 0 Å². The summed E-state index contributed by atoms with van der Waals surface area (Å²) in [4.78, 5) is 14.9. The molecule has 1 aromatic rings. The summed E-state index contributed by atoms with van der Waals surface area (Å²) in [6.07, 6.45) is 3.65. The van der Waals surface area contributed by atoms with Crippen LogP contribution in [0.25, 0.3) is 0 Å². The Hall–Kier alpha value is -1.15.